The maximum Gasteiger partial charge on any atom is 0.328 e. The topological polar surface area (TPSA) is 114 Å². The van der Waals surface area contributed by atoms with E-state index in [1.807, 2.05) is 0 Å². The number of fused-ring (bicyclic) bond motifs is 4. The van der Waals surface area contributed by atoms with Crippen LogP contribution in [0, 0.1) is 11.3 Å². The van der Waals surface area contributed by atoms with Gasteiger partial charge in [-0.1, -0.05) is 54.6 Å². The minimum Gasteiger partial charge on any atom is -0.478 e. The molecule has 0 spiro atoms. The van der Waals surface area contributed by atoms with Crippen molar-refractivity contribution in [3.63, 3.8) is 0 Å². The molecule has 8 heteroatoms. The number of nitrogens with one attached hydrogen (secondary N) is 1. The third kappa shape index (κ3) is 6.08. The molecule has 0 radical (unpaired) electrons. The summed E-state index contributed by atoms with van der Waals surface area (Å²) in [6, 6.07) is 19.6. The van der Waals surface area contributed by atoms with E-state index < -0.39 is 11.9 Å². The number of carboxylic acid groups (broad SMARTS) is 2. The number of amidine groups is 1. The van der Waals surface area contributed by atoms with Crippen molar-refractivity contribution in [2.24, 2.45) is 5.92 Å². The van der Waals surface area contributed by atoms with Crippen molar-refractivity contribution in [1.82, 2.24) is 9.80 Å². The van der Waals surface area contributed by atoms with Crippen molar-refractivity contribution >= 4 is 18.0 Å². The van der Waals surface area contributed by atoms with E-state index in [1.54, 1.807) is 0 Å². The fourth-order valence-electron chi connectivity index (χ4n) is 5.18. The van der Waals surface area contributed by atoms with Gasteiger partial charge in [0.25, 0.3) is 6.02 Å². The van der Waals surface area contributed by atoms with E-state index in [9.17, 15) is 9.59 Å². The molecule has 0 aliphatic carbocycles. The van der Waals surface area contributed by atoms with Crippen LogP contribution in [0.5, 0.6) is 0 Å². The zero-order valence-electron chi connectivity index (χ0n) is 19.5. The highest BCUT2D eigenvalue weighted by atomic mass is 16.5. The monoisotopic (exact) mass is 477 g/mol. The van der Waals surface area contributed by atoms with Gasteiger partial charge in [-0.05, 0) is 55.0 Å². The maximum absolute atomic E-state index is 9.55. The summed E-state index contributed by atoms with van der Waals surface area (Å²) in [6.45, 7) is 4.20. The highest BCUT2D eigenvalue weighted by Crippen LogP contribution is 2.36. The third-order valence-corrected chi connectivity index (χ3v) is 6.89. The largest absolute Gasteiger partial charge is 0.478 e. The lowest BCUT2D eigenvalue weighted by molar-refractivity contribution is -0.134. The Morgan fingerprint density at radius 1 is 0.914 bits per heavy atom. The molecule has 184 valence electrons. The predicted octanol–water partition coefficient (Wildman–Crippen LogP) is 3.39. The first-order valence-corrected chi connectivity index (χ1v) is 11.9. The molecule has 35 heavy (non-hydrogen) atoms. The van der Waals surface area contributed by atoms with Gasteiger partial charge in [-0.2, -0.15) is 0 Å². The predicted molar refractivity (Wildman–Crippen MR) is 131 cm³/mol. The summed E-state index contributed by atoms with van der Waals surface area (Å²) >= 11 is 0. The summed E-state index contributed by atoms with van der Waals surface area (Å²) in [5, 5.41) is 24.4. The molecule has 3 saturated heterocycles. The smallest absolute Gasteiger partial charge is 0.328 e. The second-order valence-electron chi connectivity index (χ2n) is 9.06. The molecule has 2 bridgehead atoms. The lowest BCUT2D eigenvalue weighted by atomic mass is 9.86. The summed E-state index contributed by atoms with van der Waals surface area (Å²) in [5.41, 5.74) is 3.92. The summed E-state index contributed by atoms with van der Waals surface area (Å²) in [5.74, 6) is -1.90. The molecule has 8 nitrogen and oxygen atoms in total. The van der Waals surface area contributed by atoms with Gasteiger partial charge in [0.15, 0.2) is 0 Å². The van der Waals surface area contributed by atoms with Crippen LogP contribution in [0.25, 0.3) is 0 Å². The molecule has 2 unspecified atom stereocenters. The third-order valence-electron chi connectivity index (χ3n) is 6.89. The minimum absolute atomic E-state index is 0.0599. The van der Waals surface area contributed by atoms with Crippen molar-refractivity contribution in [3.05, 3.63) is 83.4 Å². The molecule has 3 N–H and O–H groups in total. The van der Waals surface area contributed by atoms with Crippen LogP contribution in [0.1, 0.15) is 35.6 Å². The molecule has 4 aliphatic rings. The molecule has 2 aromatic carbocycles. The molecular weight excluding hydrogens is 446 g/mol. The second kappa shape index (κ2) is 11.2. The molecule has 4 aliphatic heterocycles. The van der Waals surface area contributed by atoms with Crippen LogP contribution in [0.3, 0.4) is 0 Å². The second-order valence-corrected chi connectivity index (χ2v) is 9.06. The average Bonchev–Trinajstić information content (AvgIpc) is 2.88. The lowest BCUT2D eigenvalue weighted by Gasteiger charge is -2.46. The number of carbonyl (C=O) groups is 2. The molecule has 2 atom stereocenters. The first kappa shape index (κ1) is 24.5. The van der Waals surface area contributed by atoms with E-state index in [1.165, 1.54) is 42.6 Å². The van der Waals surface area contributed by atoms with E-state index in [-0.39, 0.29) is 12.1 Å². The minimum atomic E-state index is -1.26. The first-order chi connectivity index (χ1) is 16.9. The van der Waals surface area contributed by atoms with Gasteiger partial charge in [0, 0.05) is 25.2 Å². The van der Waals surface area contributed by atoms with Gasteiger partial charge < -0.3 is 19.8 Å². The standard InChI is InChI=1S/C23H27N3O.C4H4O4/c24-23(27-21-16-25-13-10-18(21)11-14-25)26-15-12-17-6-4-5-9-20(17)22(26)19-7-2-1-3-8-19;5-3(6)1-2-4(7)8/h1-9,18,21-22,24H,10-16H2;1-2H,(H,5,6)(H,7,8)/b;2-1+. The number of hydrogen-bond acceptors (Lipinski definition) is 5. The van der Waals surface area contributed by atoms with Crippen molar-refractivity contribution in [2.75, 3.05) is 26.2 Å². The Morgan fingerprint density at radius 2 is 1.54 bits per heavy atom. The Kier molecular flexibility index (Phi) is 7.82. The molecular formula is C27H31N3O5. The van der Waals surface area contributed by atoms with Gasteiger partial charge in [-0.25, -0.2) is 9.59 Å². The van der Waals surface area contributed by atoms with Gasteiger partial charge in [0.05, 0.1) is 6.04 Å². The van der Waals surface area contributed by atoms with E-state index in [0.29, 0.717) is 24.1 Å². The summed E-state index contributed by atoms with van der Waals surface area (Å²) in [6.07, 6.45) is 4.68. The quantitative estimate of drug-likeness (QED) is 0.351. The van der Waals surface area contributed by atoms with Gasteiger partial charge in [-0.15, -0.1) is 0 Å². The molecule has 3 fully saturated rings. The van der Waals surface area contributed by atoms with Crippen LogP contribution >= 0.6 is 0 Å². The number of ether oxygens (including phenoxy) is 1. The lowest BCUT2D eigenvalue weighted by Crippen LogP contribution is -2.53. The molecule has 6 rings (SSSR count). The number of rotatable bonds is 4. The first-order valence-electron chi connectivity index (χ1n) is 11.9. The highest BCUT2D eigenvalue weighted by molar-refractivity contribution is 5.89. The van der Waals surface area contributed by atoms with Gasteiger partial charge >= 0.3 is 11.9 Å². The van der Waals surface area contributed by atoms with Crippen molar-refractivity contribution < 1.29 is 24.5 Å². The maximum atomic E-state index is 9.55. The van der Waals surface area contributed by atoms with E-state index in [0.717, 1.165) is 19.5 Å². The molecule has 0 aromatic heterocycles. The molecule has 2 aromatic rings. The Morgan fingerprint density at radius 3 is 2.14 bits per heavy atom. The van der Waals surface area contributed by atoms with E-state index >= 15 is 0 Å². The number of piperidine rings is 3. The fourth-order valence-corrected chi connectivity index (χ4v) is 5.18. The van der Waals surface area contributed by atoms with Crippen molar-refractivity contribution in [2.45, 2.75) is 31.4 Å². The summed E-state index contributed by atoms with van der Waals surface area (Å²) in [4.78, 5) is 23.8. The van der Waals surface area contributed by atoms with Crippen LogP contribution in [0.4, 0.5) is 0 Å². The molecule has 0 saturated carbocycles. The van der Waals surface area contributed by atoms with Gasteiger partial charge in [0.2, 0.25) is 0 Å². The number of hydrogen-bond donors (Lipinski definition) is 3. The van der Waals surface area contributed by atoms with Crippen molar-refractivity contribution in [3.8, 4) is 0 Å². The van der Waals surface area contributed by atoms with E-state index in [2.05, 4.69) is 64.4 Å². The van der Waals surface area contributed by atoms with Crippen LogP contribution in [-0.4, -0.2) is 70.3 Å². The SMILES string of the molecule is N=C(OC1CN2CCC1CC2)N1CCc2ccccc2C1c1ccccc1.O=C(O)/C=C/C(=O)O. The van der Waals surface area contributed by atoms with Gasteiger partial charge in [-0.3, -0.25) is 10.3 Å². The van der Waals surface area contributed by atoms with E-state index in [4.69, 9.17) is 20.4 Å². The van der Waals surface area contributed by atoms with Gasteiger partial charge in [0.1, 0.15) is 6.10 Å². The zero-order valence-corrected chi connectivity index (χ0v) is 19.5. The Balaban J connectivity index is 0.000000314. The number of nitrogens with zero attached hydrogens (tertiary/aromatic N) is 2. The van der Waals surface area contributed by atoms with Crippen LogP contribution in [0.15, 0.2) is 66.7 Å². The highest BCUT2D eigenvalue weighted by Gasteiger charge is 2.38. The normalized spacial score (nSPS) is 24.7. The molecule has 0 amide bonds. The van der Waals surface area contributed by atoms with Crippen LogP contribution in [-0.2, 0) is 20.7 Å². The Hall–Kier alpha value is -3.65. The zero-order chi connectivity index (χ0) is 24.8. The van der Waals surface area contributed by atoms with Crippen LogP contribution in [0.2, 0.25) is 0 Å². The fraction of sp³-hybridized carbons (Fsp3) is 0.370. The van der Waals surface area contributed by atoms with Crippen molar-refractivity contribution in [1.29, 1.82) is 5.41 Å². The summed E-state index contributed by atoms with van der Waals surface area (Å²) < 4.78 is 6.30. The average molecular weight is 478 g/mol. The van der Waals surface area contributed by atoms with Crippen LogP contribution < -0.4 is 0 Å². The molecule has 4 heterocycles. The number of benzene rings is 2. The number of carboxylic acids is 2. The Bertz CT molecular complexity index is 1060. The number of aliphatic carboxylic acids is 2. The Labute approximate surface area is 204 Å². The summed E-state index contributed by atoms with van der Waals surface area (Å²) in [7, 11) is 0.